The van der Waals surface area contributed by atoms with Gasteiger partial charge in [0.2, 0.25) is 5.91 Å². The van der Waals surface area contributed by atoms with E-state index in [9.17, 15) is 22.0 Å². The Morgan fingerprint density at radius 3 is 2.08 bits per heavy atom. The van der Waals surface area contributed by atoms with Crippen molar-refractivity contribution < 1.29 is 22.0 Å². The molecule has 0 radical (unpaired) electrons. The molecule has 3 rings (SSSR count). The highest BCUT2D eigenvalue weighted by Gasteiger charge is 2.31. The molecule has 0 spiro atoms. The van der Waals surface area contributed by atoms with Crippen molar-refractivity contribution in [3.05, 3.63) is 77.2 Å². The molecular weight excluding hydrogens is 348 g/mol. The molecule has 0 fully saturated rings. The molecule has 0 saturated carbocycles. The SMILES string of the molecule is O=C(Cc1ccc(F)cc1)N(c1ccc(F)cc1)[C@@H]1C=CS(=O)(=O)C1. The zero-order valence-electron chi connectivity index (χ0n) is 13.1. The topological polar surface area (TPSA) is 54.5 Å². The van der Waals surface area contributed by atoms with E-state index >= 15 is 0 Å². The van der Waals surface area contributed by atoms with E-state index in [0.29, 0.717) is 11.3 Å². The summed E-state index contributed by atoms with van der Waals surface area (Å²) in [5.74, 6) is -1.44. The summed E-state index contributed by atoms with van der Waals surface area (Å²) in [5.41, 5.74) is 1.00. The summed E-state index contributed by atoms with van der Waals surface area (Å²) in [5, 5.41) is 1.08. The van der Waals surface area contributed by atoms with E-state index in [1.807, 2.05) is 0 Å². The number of carbonyl (C=O) groups is 1. The predicted molar refractivity (Wildman–Crippen MR) is 90.7 cm³/mol. The van der Waals surface area contributed by atoms with Crippen LogP contribution in [0.25, 0.3) is 0 Å². The number of hydrogen-bond acceptors (Lipinski definition) is 3. The second-order valence-corrected chi connectivity index (χ2v) is 7.70. The van der Waals surface area contributed by atoms with Gasteiger partial charge in [-0.05, 0) is 48.0 Å². The molecule has 25 heavy (non-hydrogen) atoms. The van der Waals surface area contributed by atoms with Crippen LogP contribution in [-0.2, 0) is 21.1 Å². The van der Waals surface area contributed by atoms with Gasteiger partial charge in [-0.15, -0.1) is 0 Å². The lowest BCUT2D eigenvalue weighted by Gasteiger charge is -2.28. The van der Waals surface area contributed by atoms with Crippen molar-refractivity contribution in [1.82, 2.24) is 0 Å². The quantitative estimate of drug-likeness (QED) is 0.839. The Balaban J connectivity index is 1.90. The van der Waals surface area contributed by atoms with Gasteiger partial charge in [-0.2, -0.15) is 0 Å². The molecule has 4 nitrogen and oxygen atoms in total. The molecule has 0 unspecified atom stereocenters. The Hall–Kier alpha value is -2.54. The number of hydrogen-bond donors (Lipinski definition) is 0. The van der Waals surface area contributed by atoms with Gasteiger partial charge >= 0.3 is 0 Å². The summed E-state index contributed by atoms with van der Waals surface area (Å²) in [7, 11) is -3.37. The van der Waals surface area contributed by atoms with Gasteiger partial charge in [0.05, 0.1) is 18.2 Å². The first-order chi connectivity index (χ1) is 11.8. The van der Waals surface area contributed by atoms with Gasteiger partial charge in [0.1, 0.15) is 11.6 Å². The van der Waals surface area contributed by atoms with Crippen LogP contribution in [0.3, 0.4) is 0 Å². The molecule has 7 heteroatoms. The van der Waals surface area contributed by atoms with E-state index in [4.69, 9.17) is 0 Å². The van der Waals surface area contributed by atoms with Crippen LogP contribution in [0, 0.1) is 11.6 Å². The predicted octanol–water partition coefficient (Wildman–Crippen LogP) is 2.85. The van der Waals surface area contributed by atoms with E-state index in [2.05, 4.69) is 0 Å². The molecule has 2 aromatic rings. The average Bonchev–Trinajstić information content (AvgIpc) is 2.91. The maximum Gasteiger partial charge on any atom is 0.231 e. The lowest BCUT2D eigenvalue weighted by Crippen LogP contribution is -2.42. The molecule has 1 aliphatic rings. The zero-order valence-corrected chi connectivity index (χ0v) is 13.9. The highest BCUT2D eigenvalue weighted by atomic mass is 32.2. The van der Waals surface area contributed by atoms with Gasteiger partial charge < -0.3 is 4.90 Å². The molecule has 0 saturated heterocycles. The van der Waals surface area contributed by atoms with Crippen LogP contribution in [0.5, 0.6) is 0 Å². The van der Waals surface area contributed by atoms with Crippen molar-refractivity contribution in [2.24, 2.45) is 0 Å². The summed E-state index contributed by atoms with van der Waals surface area (Å²) >= 11 is 0. The average molecular weight is 363 g/mol. The molecule has 0 aliphatic carbocycles. The summed E-state index contributed by atoms with van der Waals surface area (Å²) in [4.78, 5) is 14.1. The summed E-state index contributed by atoms with van der Waals surface area (Å²) in [6, 6.07) is 10.1. The normalized spacial score (nSPS) is 18.2. The van der Waals surface area contributed by atoms with Crippen molar-refractivity contribution in [2.45, 2.75) is 12.5 Å². The lowest BCUT2D eigenvalue weighted by molar-refractivity contribution is -0.118. The van der Waals surface area contributed by atoms with Crippen LogP contribution in [0.15, 0.2) is 60.0 Å². The van der Waals surface area contributed by atoms with Gasteiger partial charge in [0.15, 0.2) is 9.84 Å². The molecule has 1 aliphatic heterocycles. The number of nitrogens with zero attached hydrogens (tertiary/aromatic N) is 1. The van der Waals surface area contributed by atoms with E-state index in [0.717, 1.165) is 5.41 Å². The van der Waals surface area contributed by atoms with Crippen LogP contribution in [0.4, 0.5) is 14.5 Å². The lowest BCUT2D eigenvalue weighted by atomic mass is 10.1. The third kappa shape index (κ3) is 4.11. The third-order valence-electron chi connectivity index (χ3n) is 3.88. The molecule has 1 atom stereocenters. The third-order valence-corrected chi connectivity index (χ3v) is 5.26. The Labute approximate surface area is 144 Å². The molecule has 1 amide bonds. The number of sulfone groups is 1. The van der Waals surface area contributed by atoms with Gasteiger partial charge in [-0.3, -0.25) is 4.79 Å². The molecule has 130 valence electrons. The number of anilines is 1. The molecule has 0 N–H and O–H groups in total. The minimum atomic E-state index is -3.37. The Bertz CT molecular complexity index is 906. The molecule has 0 aromatic heterocycles. The number of rotatable bonds is 4. The standard InChI is InChI=1S/C18H15F2NO3S/c19-14-3-1-13(2-4-14)11-18(22)21(16-7-5-15(20)6-8-16)17-9-10-25(23,24)12-17/h1-10,17H,11-12H2/t17-/m1/s1. The molecule has 0 bridgehead atoms. The Kier molecular flexibility index (Phi) is 4.67. The minimum Gasteiger partial charge on any atom is -0.304 e. The molecule has 1 heterocycles. The largest absolute Gasteiger partial charge is 0.304 e. The first-order valence-corrected chi connectivity index (χ1v) is 9.29. The van der Waals surface area contributed by atoms with Crippen LogP contribution in [-0.4, -0.2) is 26.1 Å². The van der Waals surface area contributed by atoms with Crippen molar-refractivity contribution in [3.63, 3.8) is 0 Å². The number of amides is 1. The van der Waals surface area contributed by atoms with Crippen molar-refractivity contribution >= 4 is 21.4 Å². The highest BCUT2D eigenvalue weighted by Crippen LogP contribution is 2.24. The van der Waals surface area contributed by atoms with E-state index in [-0.39, 0.29) is 18.1 Å². The van der Waals surface area contributed by atoms with Crippen molar-refractivity contribution in [1.29, 1.82) is 0 Å². The molecule has 2 aromatic carbocycles. The first kappa shape index (κ1) is 17.3. The summed E-state index contributed by atoms with van der Waals surface area (Å²) < 4.78 is 49.6. The monoisotopic (exact) mass is 363 g/mol. The number of halogens is 2. The van der Waals surface area contributed by atoms with E-state index in [1.165, 1.54) is 59.5 Å². The van der Waals surface area contributed by atoms with E-state index in [1.54, 1.807) is 0 Å². The summed E-state index contributed by atoms with van der Waals surface area (Å²) in [6.45, 7) is 0. The van der Waals surface area contributed by atoms with Crippen LogP contribution in [0.1, 0.15) is 5.56 Å². The molecular formula is C18H15F2NO3S. The van der Waals surface area contributed by atoms with Crippen molar-refractivity contribution in [2.75, 3.05) is 10.7 Å². The van der Waals surface area contributed by atoms with Gasteiger partial charge in [-0.1, -0.05) is 12.1 Å². The van der Waals surface area contributed by atoms with Crippen molar-refractivity contribution in [3.8, 4) is 0 Å². The van der Waals surface area contributed by atoms with Crippen LogP contribution >= 0.6 is 0 Å². The summed E-state index contributed by atoms with van der Waals surface area (Å²) in [6.07, 6.45) is 1.42. The second-order valence-electron chi connectivity index (χ2n) is 5.77. The van der Waals surface area contributed by atoms with Gasteiger partial charge in [-0.25, -0.2) is 17.2 Å². The maximum atomic E-state index is 13.2. The van der Waals surface area contributed by atoms with Crippen LogP contribution < -0.4 is 4.90 Å². The smallest absolute Gasteiger partial charge is 0.231 e. The number of carbonyl (C=O) groups excluding carboxylic acids is 1. The van der Waals surface area contributed by atoms with Gasteiger partial charge in [0, 0.05) is 11.1 Å². The fraction of sp³-hybridized carbons (Fsp3) is 0.167. The van der Waals surface area contributed by atoms with Crippen LogP contribution in [0.2, 0.25) is 0 Å². The minimum absolute atomic E-state index is 0.0257. The fourth-order valence-electron chi connectivity index (χ4n) is 2.70. The Morgan fingerprint density at radius 2 is 1.56 bits per heavy atom. The zero-order chi connectivity index (χ0) is 18.0. The second kappa shape index (κ2) is 6.76. The Morgan fingerprint density at radius 1 is 1.00 bits per heavy atom. The fourth-order valence-corrected chi connectivity index (χ4v) is 3.97. The number of benzene rings is 2. The van der Waals surface area contributed by atoms with E-state index < -0.39 is 27.5 Å². The first-order valence-electron chi connectivity index (χ1n) is 7.57. The van der Waals surface area contributed by atoms with Gasteiger partial charge in [0.25, 0.3) is 0 Å². The highest BCUT2D eigenvalue weighted by molar-refractivity contribution is 7.94. The maximum absolute atomic E-state index is 13.2.